The van der Waals surface area contributed by atoms with E-state index in [1.807, 2.05) is 21.1 Å². The Morgan fingerprint density at radius 3 is 1.51 bits per heavy atom. The van der Waals surface area contributed by atoms with Crippen LogP contribution in [0.2, 0.25) is 0 Å². The molecule has 0 atom stereocenters. The number of hydrogen-bond acceptors (Lipinski definition) is 3. The zero-order chi connectivity index (χ0) is 38.0. The van der Waals surface area contributed by atoms with Gasteiger partial charge < -0.3 is 13.7 Å². The summed E-state index contributed by atoms with van der Waals surface area (Å²) in [5.41, 5.74) is -4.92. The highest BCUT2D eigenvalue weighted by atomic mass is 19.2. The third kappa shape index (κ3) is 8.90. The molecule has 16 heteroatoms. The van der Waals surface area contributed by atoms with Gasteiger partial charge in [-0.1, -0.05) is 5.92 Å². The van der Waals surface area contributed by atoms with E-state index in [0.29, 0.717) is 27.9 Å². The number of rotatable bonds is 10. The molecule has 0 bridgehead atoms. The molecule has 268 valence electrons. The molecular weight excluding hydrogens is 693 g/mol. The number of likely N-dealkylation sites (N-methyl/N-ethyl adjacent to an activating group) is 1. The molecule has 0 unspecified atom stereocenters. The Morgan fingerprint density at radius 1 is 0.588 bits per heavy atom. The fraction of sp³-hybridized carbons (Fsp3) is 0.257. The van der Waals surface area contributed by atoms with Gasteiger partial charge in [0, 0.05) is 16.5 Å². The quantitative estimate of drug-likeness (QED) is 0.0368. The smallest absolute Gasteiger partial charge is 0.260 e. The van der Waals surface area contributed by atoms with Crippen molar-refractivity contribution in [3.63, 3.8) is 0 Å². The largest absolute Gasteiger partial charge is 0.488 e. The monoisotopic (exact) mass is 724 g/mol. The summed E-state index contributed by atoms with van der Waals surface area (Å²) in [5.74, 6) is -19.7. The molecule has 0 amide bonds. The molecule has 0 saturated carbocycles. The molecule has 0 saturated heterocycles. The molecule has 0 aliphatic heterocycles. The van der Waals surface area contributed by atoms with Crippen molar-refractivity contribution in [3.8, 4) is 17.6 Å². The maximum atomic E-state index is 15.5. The van der Waals surface area contributed by atoms with E-state index in [4.69, 9.17) is 4.74 Å². The Labute approximate surface area is 288 Å². The van der Waals surface area contributed by atoms with Crippen molar-refractivity contribution in [2.24, 2.45) is 10.2 Å². The molecule has 0 N–H and O–H groups in total. The molecular formula is C35H31BF10N4O+2. The molecule has 0 heterocycles. The first-order valence-corrected chi connectivity index (χ1v) is 15.1. The lowest BCUT2D eigenvalue weighted by Crippen LogP contribution is -2.58. The van der Waals surface area contributed by atoms with Gasteiger partial charge in [0.25, 0.3) is 6.71 Å². The third-order valence-corrected chi connectivity index (χ3v) is 7.33. The second-order valence-corrected chi connectivity index (χ2v) is 13.5. The molecule has 0 radical (unpaired) electrons. The highest BCUT2D eigenvalue weighted by molar-refractivity contribution is 6.96. The van der Waals surface area contributed by atoms with Gasteiger partial charge in [0.1, 0.15) is 25.4 Å². The highest BCUT2D eigenvalue weighted by Gasteiger charge is 2.42. The summed E-state index contributed by atoms with van der Waals surface area (Å²) in [5, 5.41) is 8.01. The number of benzene rings is 4. The van der Waals surface area contributed by atoms with E-state index >= 15 is 17.6 Å². The lowest BCUT2D eigenvalue weighted by Gasteiger charge is -2.23. The number of nitrogens with zero attached hydrogens (tertiary/aromatic N) is 4. The van der Waals surface area contributed by atoms with E-state index < -0.39 is 87.0 Å². The molecule has 51 heavy (non-hydrogen) atoms. The Morgan fingerprint density at radius 2 is 1.06 bits per heavy atom. The van der Waals surface area contributed by atoms with Gasteiger partial charge >= 0.3 is 0 Å². The first kappa shape index (κ1) is 38.9. The average Bonchev–Trinajstić information content (AvgIpc) is 3.06. The van der Waals surface area contributed by atoms with Crippen LogP contribution in [0.1, 0.15) is 5.56 Å². The normalized spacial score (nSPS) is 11.9. The van der Waals surface area contributed by atoms with E-state index in [-0.39, 0.29) is 17.8 Å². The van der Waals surface area contributed by atoms with Gasteiger partial charge in [-0.3, -0.25) is 0 Å². The molecule has 0 spiro atoms. The molecule has 0 aliphatic rings. The Balaban J connectivity index is 1.99. The maximum absolute atomic E-state index is 15.5. The molecule has 4 rings (SSSR count). The third-order valence-electron chi connectivity index (χ3n) is 7.33. The van der Waals surface area contributed by atoms with Crippen LogP contribution in [0.4, 0.5) is 55.3 Å². The molecule has 5 nitrogen and oxygen atoms in total. The predicted molar refractivity (Wildman–Crippen MR) is 172 cm³/mol. The van der Waals surface area contributed by atoms with Gasteiger partial charge in [0.15, 0.2) is 58.2 Å². The highest BCUT2D eigenvalue weighted by Crippen LogP contribution is 2.25. The van der Waals surface area contributed by atoms with Crippen molar-refractivity contribution in [1.82, 2.24) is 0 Å². The van der Waals surface area contributed by atoms with Crippen LogP contribution in [0.25, 0.3) is 0 Å². The van der Waals surface area contributed by atoms with Crippen LogP contribution in [0.15, 0.2) is 52.7 Å². The fourth-order valence-corrected chi connectivity index (χ4v) is 4.70. The van der Waals surface area contributed by atoms with Gasteiger partial charge in [0.2, 0.25) is 0 Å². The van der Waals surface area contributed by atoms with E-state index in [1.54, 1.807) is 33.3 Å². The van der Waals surface area contributed by atoms with Crippen molar-refractivity contribution in [3.05, 3.63) is 106 Å². The predicted octanol–water partition coefficient (Wildman–Crippen LogP) is 6.15. The van der Waals surface area contributed by atoms with Crippen LogP contribution < -0.4 is 21.1 Å². The minimum Gasteiger partial charge on any atom is -0.488 e. The van der Waals surface area contributed by atoms with Crippen molar-refractivity contribution in [2.45, 2.75) is 0 Å². The summed E-state index contributed by atoms with van der Waals surface area (Å²) in [6.07, 6.45) is 0. The summed E-state index contributed by atoms with van der Waals surface area (Å²) in [7, 11) is 11.3. The van der Waals surface area contributed by atoms with E-state index in [9.17, 15) is 26.3 Å². The van der Waals surface area contributed by atoms with Crippen molar-refractivity contribution in [2.75, 3.05) is 62.0 Å². The van der Waals surface area contributed by atoms with E-state index in [1.165, 1.54) is 18.2 Å². The van der Waals surface area contributed by atoms with Gasteiger partial charge in [-0.25, -0.2) is 43.9 Å². The van der Waals surface area contributed by atoms with Gasteiger partial charge in [0.05, 0.1) is 53.7 Å². The molecule has 4 aromatic rings. The topological polar surface area (TPSA) is 34.0 Å². The van der Waals surface area contributed by atoms with Gasteiger partial charge in [-0.2, -0.15) is 10.2 Å². The minimum absolute atomic E-state index is 0.0227. The fourth-order valence-electron chi connectivity index (χ4n) is 4.70. The first-order valence-electron chi connectivity index (χ1n) is 15.1. The van der Waals surface area contributed by atoms with Crippen LogP contribution in [-0.2, 0) is 0 Å². The second kappa shape index (κ2) is 15.2. The van der Waals surface area contributed by atoms with E-state index in [2.05, 4.69) is 22.1 Å². The first-order chi connectivity index (χ1) is 23.7. The van der Waals surface area contributed by atoms with Gasteiger partial charge in [-0.15, -0.1) is 0 Å². The number of hydrogen-bond donors (Lipinski definition) is 0. The molecule has 4 aromatic carbocycles. The lowest BCUT2D eigenvalue weighted by molar-refractivity contribution is -0.870. The van der Waals surface area contributed by atoms with Gasteiger partial charge in [-0.05, 0) is 53.8 Å². The van der Waals surface area contributed by atoms with E-state index in [0.717, 1.165) is 12.1 Å². The Hall–Kier alpha value is -4.88. The standard InChI is InChI=1S/C35H31BF10N4O/c1-49(2,3)15-7-8-19-9-14-23(48-47-20-10-12-21(13-11-20)51-17-16-50(4,5)6)22(18-19)36(24-26(37)30(41)34(45)31(42)27(24)38)25-28(39)32(43)35(46)33(44)29(25)40/h9-14,18H,15-17H2,1-6H3/q+2. The number of azo groups is 1. The van der Waals surface area contributed by atoms with Crippen LogP contribution in [0.5, 0.6) is 5.75 Å². The summed E-state index contributed by atoms with van der Waals surface area (Å²) in [6.45, 7) is -1.54. The zero-order valence-electron chi connectivity index (χ0n) is 28.2. The maximum Gasteiger partial charge on any atom is 0.260 e. The summed E-state index contributed by atoms with van der Waals surface area (Å²) in [6, 6.07) is 9.35. The molecule has 0 aliphatic carbocycles. The minimum atomic E-state index is -2.86. The Bertz CT molecular complexity index is 1920. The SMILES string of the molecule is C[N+](C)(C)CC#Cc1ccc(N=Nc2ccc(OCC[N+](C)(C)C)cc2)c(B(c2c(F)c(F)c(F)c(F)c2F)c2c(F)c(F)c(F)c(F)c2F)c1. The Kier molecular flexibility index (Phi) is 11.6. The summed E-state index contributed by atoms with van der Waals surface area (Å²) >= 11 is 0. The molecule has 0 aromatic heterocycles. The average molecular weight is 724 g/mol. The van der Waals surface area contributed by atoms with Crippen molar-refractivity contribution >= 4 is 34.5 Å². The van der Waals surface area contributed by atoms with Crippen LogP contribution in [0, 0.1) is 70.0 Å². The molecule has 0 fully saturated rings. The van der Waals surface area contributed by atoms with Crippen molar-refractivity contribution in [1.29, 1.82) is 0 Å². The summed E-state index contributed by atoms with van der Waals surface area (Å²) in [4.78, 5) is 0. The van der Waals surface area contributed by atoms with Crippen LogP contribution in [-0.4, -0.2) is 77.7 Å². The zero-order valence-corrected chi connectivity index (χ0v) is 28.2. The second-order valence-electron chi connectivity index (χ2n) is 13.5. The lowest BCUT2D eigenvalue weighted by atomic mass is 9.35. The number of ether oxygens (including phenoxy) is 1. The number of halogens is 10. The number of quaternary nitrogens is 2. The van der Waals surface area contributed by atoms with Crippen LogP contribution >= 0.6 is 0 Å². The summed E-state index contributed by atoms with van der Waals surface area (Å²) < 4.78 is 155. The van der Waals surface area contributed by atoms with Crippen molar-refractivity contribution < 1.29 is 57.6 Å². The van der Waals surface area contributed by atoms with Crippen LogP contribution in [0.3, 0.4) is 0 Å².